The van der Waals surface area contributed by atoms with Crippen molar-refractivity contribution in [1.82, 2.24) is 5.32 Å². The molecule has 7 nitrogen and oxygen atoms in total. The lowest BCUT2D eigenvalue weighted by atomic mass is 9.78. The molecule has 0 aromatic carbocycles. The molecule has 1 fully saturated rings. The normalized spacial score (nSPS) is 32.1. The standard InChI is InChI=1S/C12H20N2O5.ClH/c1-6(15)14-9-7(10(16)19-3)4-12(2,11(17)18)8(9)5-13;/h7-9H,4-5,13H2,1-3H3,(H,14,15)(H,17,18);1H/t7-,8+,9+,12+;/m1./s1. The van der Waals surface area contributed by atoms with Gasteiger partial charge in [-0.2, -0.15) is 0 Å². The molecular formula is C12H21ClN2O5. The molecule has 1 rings (SSSR count). The van der Waals surface area contributed by atoms with Gasteiger partial charge in [0.15, 0.2) is 0 Å². The molecule has 1 aliphatic rings. The Morgan fingerprint density at radius 1 is 1.45 bits per heavy atom. The molecule has 1 saturated carbocycles. The third-order valence-corrected chi connectivity index (χ3v) is 3.95. The van der Waals surface area contributed by atoms with Crippen LogP contribution in [0.1, 0.15) is 20.3 Å². The maximum absolute atomic E-state index is 11.8. The summed E-state index contributed by atoms with van der Waals surface area (Å²) in [5.41, 5.74) is 4.50. The van der Waals surface area contributed by atoms with Gasteiger partial charge in [0.2, 0.25) is 5.91 Å². The summed E-state index contributed by atoms with van der Waals surface area (Å²) in [4.78, 5) is 34.5. The molecule has 20 heavy (non-hydrogen) atoms. The van der Waals surface area contributed by atoms with E-state index in [1.54, 1.807) is 6.92 Å². The van der Waals surface area contributed by atoms with Gasteiger partial charge in [0.1, 0.15) is 0 Å². The van der Waals surface area contributed by atoms with Crippen LogP contribution in [0.5, 0.6) is 0 Å². The van der Waals surface area contributed by atoms with Crippen LogP contribution in [-0.2, 0) is 19.1 Å². The fraction of sp³-hybridized carbons (Fsp3) is 0.750. The Kier molecular flexibility index (Phi) is 6.43. The van der Waals surface area contributed by atoms with E-state index in [2.05, 4.69) is 10.1 Å². The van der Waals surface area contributed by atoms with Gasteiger partial charge < -0.3 is 20.9 Å². The first-order valence-electron chi connectivity index (χ1n) is 6.06. The molecule has 1 aliphatic carbocycles. The highest BCUT2D eigenvalue weighted by Gasteiger charge is 2.57. The SMILES string of the molecule is COC(=O)[C@@H]1C[C@](C)(C(=O)O)[C@@H](CN)[C@H]1NC(C)=O.Cl. The second kappa shape index (κ2) is 6.90. The number of halogens is 1. The van der Waals surface area contributed by atoms with E-state index in [0.717, 1.165) is 0 Å². The first-order valence-corrected chi connectivity index (χ1v) is 6.06. The van der Waals surface area contributed by atoms with Gasteiger partial charge in [0.05, 0.1) is 18.4 Å². The number of aliphatic carboxylic acids is 1. The Balaban J connectivity index is 0.00000361. The zero-order valence-electron chi connectivity index (χ0n) is 11.7. The van der Waals surface area contributed by atoms with Gasteiger partial charge in [0, 0.05) is 18.9 Å². The fourth-order valence-corrected chi connectivity index (χ4v) is 2.88. The number of carboxylic acid groups (broad SMARTS) is 1. The number of rotatable bonds is 4. The first-order chi connectivity index (χ1) is 8.77. The molecule has 0 unspecified atom stereocenters. The van der Waals surface area contributed by atoms with Crippen molar-refractivity contribution in [2.24, 2.45) is 23.0 Å². The molecule has 8 heteroatoms. The Bertz CT molecular complexity index is 403. The van der Waals surface area contributed by atoms with Crippen LogP contribution in [0.2, 0.25) is 0 Å². The molecule has 0 saturated heterocycles. The largest absolute Gasteiger partial charge is 0.481 e. The molecule has 0 aromatic heterocycles. The van der Waals surface area contributed by atoms with Gasteiger partial charge in [-0.1, -0.05) is 0 Å². The number of nitrogens with one attached hydrogen (secondary N) is 1. The number of carbonyl (C=O) groups excluding carboxylic acids is 2. The minimum Gasteiger partial charge on any atom is -0.481 e. The Morgan fingerprint density at radius 2 is 2.00 bits per heavy atom. The number of hydrogen-bond acceptors (Lipinski definition) is 5. The third-order valence-electron chi connectivity index (χ3n) is 3.95. The number of esters is 1. The zero-order valence-corrected chi connectivity index (χ0v) is 12.5. The fourth-order valence-electron chi connectivity index (χ4n) is 2.88. The maximum atomic E-state index is 11.8. The van der Waals surface area contributed by atoms with Crippen molar-refractivity contribution in [3.8, 4) is 0 Å². The summed E-state index contributed by atoms with van der Waals surface area (Å²) in [6.07, 6.45) is 0.0990. The van der Waals surface area contributed by atoms with Gasteiger partial charge in [-0.15, -0.1) is 12.4 Å². The second-order valence-electron chi connectivity index (χ2n) is 5.12. The van der Waals surface area contributed by atoms with E-state index in [-0.39, 0.29) is 31.3 Å². The van der Waals surface area contributed by atoms with Gasteiger partial charge in [-0.3, -0.25) is 14.4 Å². The molecule has 0 spiro atoms. The van der Waals surface area contributed by atoms with Gasteiger partial charge in [0.25, 0.3) is 0 Å². The van der Waals surface area contributed by atoms with Crippen molar-refractivity contribution in [2.75, 3.05) is 13.7 Å². The van der Waals surface area contributed by atoms with Crippen molar-refractivity contribution in [3.63, 3.8) is 0 Å². The lowest BCUT2D eigenvalue weighted by Crippen LogP contribution is -2.48. The first kappa shape index (κ1) is 18.7. The van der Waals surface area contributed by atoms with E-state index in [4.69, 9.17) is 5.73 Å². The van der Waals surface area contributed by atoms with E-state index < -0.39 is 35.2 Å². The predicted octanol–water partition coefficient (Wildman–Crippen LogP) is -0.228. The number of carbonyl (C=O) groups is 3. The predicted molar refractivity (Wildman–Crippen MR) is 73.3 cm³/mol. The highest BCUT2D eigenvalue weighted by Crippen LogP contribution is 2.46. The van der Waals surface area contributed by atoms with E-state index in [1.807, 2.05) is 0 Å². The lowest BCUT2D eigenvalue weighted by molar-refractivity contribution is -0.150. The van der Waals surface area contributed by atoms with Gasteiger partial charge in [-0.25, -0.2) is 0 Å². The smallest absolute Gasteiger partial charge is 0.310 e. The minimum absolute atomic E-state index is 0. The second-order valence-corrected chi connectivity index (χ2v) is 5.12. The molecule has 0 aliphatic heterocycles. The van der Waals surface area contributed by atoms with E-state index in [1.165, 1.54) is 14.0 Å². The summed E-state index contributed by atoms with van der Waals surface area (Å²) in [6.45, 7) is 2.93. The number of ether oxygens (including phenoxy) is 1. The van der Waals surface area contributed by atoms with Gasteiger partial charge >= 0.3 is 11.9 Å². The molecule has 0 aromatic rings. The molecule has 1 amide bonds. The number of amides is 1. The Morgan fingerprint density at radius 3 is 2.35 bits per heavy atom. The van der Waals surface area contributed by atoms with Crippen LogP contribution in [0.25, 0.3) is 0 Å². The topological polar surface area (TPSA) is 119 Å². The summed E-state index contributed by atoms with van der Waals surface area (Å²) in [5.74, 6) is -3.08. The highest BCUT2D eigenvalue weighted by molar-refractivity contribution is 5.85. The van der Waals surface area contributed by atoms with E-state index in [0.29, 0.717) is 0 Å². The van der Waals surface area contributed by atoms with Crippen LogP contribution in [0.15, 0.2) is 0 Å². The van der Waals surface area contributed by atoms with Crippen molar-refractivity contribution < 1.29 is 24.2 Å². The lowest BCUT2D eigenvalue weighted by Gasteiger charge is -2.29. The van der Waals surface area contributed by atoms with Crippen molar-refractivity contribution in [3.05, 3.63) is 0 Å². The number of methoxy groups -OCH3 is 1. The van der Waals surface area contributed by atoms with Crippen LogP contribution in [0, 0.1) is 17.3 Å². The molecule has 0 radical (unpaired) electrons. The van der Waals surface area contributed by atoms with Crippen LogP contribution in [0.3, 0.4) is 0 Å². The van der Waals surface area contributed by atoms with Crippen LogP contribution in [0.4, 0.5) is 0 Å². The Hall–Kier alpha value is -1.34. The highest BCUT2D eigenvalue weighted by atomic mass is 35.5. The summed E-state index contributed by atoms with van der Waals surface area (Å²) in [6, 6.07) is -0.615. The quantitative estimate of drug-likeness (QED) is 0.617. The molecule has 0 heterocycles. The van der Waals surface area contributed by atoms with Crippen LogP contribution >= 0.6 is 12.4 Å². The molecular weight excluding hydrogens is 288 g/mol. The maximum Gasteiger partial charge on any atom is 0.310 e. The van der Waals surface area contributed by atoms with Crippen molar-refractivity contribution >= 4 is 30.3 Å². The van der Waals surface area contributed by atoms with Crippen LogP contribution in [-0.4, -0.2) is 42.6 Å². The molecule has 4 N–H and O–H groups in total. The summed E-state index contributed by atoms with van der Waals surface area (Å²) >= 11 is 0. The number of hydrogen-bond donors (Lipinski definition) is 3. The minimum atomic E-state index is -1.15. The summed E-state index contributed by atoms with van der Waals surface area (Å²) in [7, 11) is 1.24. The average Bonchev–Trinajstić information content (AvgIpc) is 2.61. The summed E-state index contributed by atoms with van der Waals surface area (Å²) < 4.78 is 4.69. The van der Waals surface area contributed by atoms with E-state index >= 15 is 0 Å². The zero-order chi connectivity index (χ0) is 14.8. The average molecular weight is 309 g/mol. The monoisotopic (exact) mass is 308 g/mol. The molecule has 0 bridgehead atoms. The summed E-state index contributed by atoms with van der Waals surface area (Å²) in [5, 5.41) is 12.0. The van der Waals surface area contributed by atoms with E-state index in [9.17, 15) is 19.5 Å². The third kappa shape index (κ3) is 3.21. The number of carboxylic acids is 1. The molecule has 4 atom stereocenters. The molecule has 116 valence electrons. The van der Waals surface area contributed by atoms with Crippen molar-refractivity contribution in [2.45, 2.75) is 26.3 Å². The van der Waals surface area contributed by atoms with Crippen molar-refractivity contribution in [1.29, 1.82) is 0 Å². The Labute approximate surface area is 123 Å². The van der Waals surface area contributed by atoms with Gasteiger partial charge in [-0.05, 0) is 19.9 Å². The number of nitrogens with two attached hydrogens (primary N) is 1. The van der Waals surface area contributed by atoms with Crippen LogP contribution < -0.4 is 11.1 Å².